The lowest BCUT2D eigenvalue weighted by atomic mass is 10.0. The van der Waals surface area contributed by atoms with Gasteiger partial charge in [-0.1, -0.05) is 69.7 Å². The number of nitrogens with one attached hydrogen (secondary N) is 1. The first kappa shape index (κ1) is 36.5. The first-order valence-electron chi connectivity index (χ1n) is 13.9. The van der Waals surface area contributed by atoms with Crippen LogP contribution >= 0.6 is 24.8 Å². The maximum atomic E-state index is 13.4. The molecule has 3 aromatic carbocycles. The Morgan fingerprint density at radius 2 is 1.64 bits per heavy atom. The van der Waals surface area contributed by atoms with Gasteiger partial charge in [0.1, 0.15) is 18.4 Å². The number of halogens is 2. The van der Waals surface area contributed by atoms with Crippen molar-refractivity contribution in [1.29, 1.82) is 0 Å². The van der Waals surface area contributed by atoms with Gasteiger partial charge in [-0.2, -0.15) is 0 Å². The Bertz CT molecular complexity index is 1310. The molecule has 9 nitrogen and oxygen atoms in total. The van der Waals surface area contributed by atoms with Gasteiger partial charge in [-0.05, 0) is 54.0 Å². The largest absolute Gasteiger partial charge is 0.491 e. The number of amides is 1. The van der Waals surface area contributed by atoms with Gasteiger partial charge in [-0.3, -0.25) is 4.79 Å². The Balaban J connectivity index is 0.00000441. The van der Waals surface area contributed by atoms with Crippen molar-refractivity contribution in [3.05, 3.63) is 71.8 Å². The summed E-state index contributed by atoms with van der Waals surface area (Å²) in [6.07, 6.45) is 2.06. The van der Waals surface area contributed by atoms with E-state index in [1.54, 1.807) is 18.2 Å². The Morgan fingerprint density at radius 1 is 0.929 bits per heavy atom. The molecule has 0 aliphatic heterocycles. The quantitative estimate of drug-likeness (QED) is 0.0923. The van der Waals surface area contributed by atoms with Crippen LogP contribution in [-0.2, 0) is 16.0 Å². The van der Waals surface area contributed by atoms with Crippen molar-refractivity contribution in [2.24, 2.45) is 16.5 Å². The van der Waals surface area contributed by atoms with Crippen LogP contribution in [0.4, 0.5) is 5.69 Å². The third-order valence-electron chi connectivity index (χ3n) is 6.62. The van der Waals surface area contributed by atoms with Crippen molar-refractivity contribution in [3.63, 3.8) is 0 Å². The Morgan fingerprint density at radius 3 is 2.31 bits per heavy atom. The van der Waals surface area contributed by atoms with Crippen LogP contribution in [0.2, 0.25) is 0 Å². The van der Waals surface area contributed by atoms with Crippen LogP contribution < -0.4 is 21.5 Å². The number of anilines is 1. The molecule has 1 atom stereocenters. The monoisotopic (exact) mass is 619 g/mol. The highest BCUT2D eigenvalue weighted by Gasteiger charge is 2.21. The number of aliphatic imine (C=N–C) groups is 1. The second-order valence-electron chi connectivity index (χ2n) is 9.52. The molecule has 0 fully saturated rings. The lowest BCUT2D eigenvalue weighted by molar-refractivity contribution is -0.117. The summed E-state index contributed by atoms with van der Waals surface area (Å²) >= 11 is 0. The molecule has 0 aliphatic carbocycles. The molecule has 230 valence electrons. The molecule has 0 saturated carbocycles. The van der Waals surface area contributed by atoms with Gasteiger partial charge in [0.2, 0.25) is 5.91 Å². The van der Waals surface area contributed by atoms with Crippen molar-refractivity contribution in [2.45, 2.75) is 46.1 Å². The van der Waals surface area contributed by atoms with E-state index in [1.807, 2.05) is 42.5 Å². The lowest BCUT2D eigenvalue weighted by Gasteiger charge is -2.18. The molecule has 0 spiro atoms. The second-order valence-corrected chi connectivity index (χ2v) is 9.52. The molecule has 5 N–H and O–H groups in total. The number of hydrogen-bond donors (Lipinski definition) is 3. The van der Waals surface area contributed by atoms with Crippen molar-refractivity contribution in [2.75, 3.05) is 38.2 Å². The second kappa shape index (κ2) is 18.8. The van der Waals surface area contributed by atoms with Crippen LogP contribution in [0.15, 0.2) is 65.7 Å². The third-order valence-corrected chi connectivity index (χ3v) is 6.62. The highest BCUT2D eigenvalue weighted by molar-refractivity contribution is 5.99. The Kier molecular flexibility index (Phi) is 16.3. The number of esters is 1. The summed E-state index contributed by atoms with van der Waals surface area (Å²) in [5.41, 5.74) is 13.1. The van der Waals surface area contributed by atoms with Crippen LogP contribution in [0.1, 0.15) is 49.5 Å². The summed E-state index contributed by atoms with van der Waals surface area (Å²) in [4.78, 5) is 32.5. The van der Waals surface area contributed by atoms with Crippen molar-refractivity contribution >= 4 is 59.1 Å². The summed E-state index contributed by atoms with van der Waals surface area (Å²) in [5.74, 6) is -0.631. The van der Waals surface area contributed by atoms with Gasteiger partial charge < -0.3 is 31.2 Å². The molecule has 0 radical (unpaired) electrons. The number of carbonyl (C=O) groups is 2. The molecule has 0 aromatic heterocycles. The highest BCUT2D eigenvalue weighted by atomic mass is 35.5. The molecular formula is C31H43Cl2N5O4. The number of benzene rings is 3. The Hall–Kier alpha value is -3.53. The topological polar surface area (TPSA) is 132 Å². The molecule has 0 heterocycles. The summed E-state index contributed by atoms with van der Waals surface area (Å²) < 4.78 is 11.4. The van der Waals surface area contributed by atoms with Gasteiger partial charge in [0.25, 0.3) is 0 Å². The van der Waals surface area contributed by atoms with E-state index in [1.165, 1.54) is 0 Å². The van der Waals surface area contributed by atoms with Crippen molar-refractivity contribution in [1.82, 2.24) is 4.90 Å². The fraction of sp³-hybridized carbons (Fsp3) is 0.387. The molecule has 0 saturated heterocycles. The predicted molar refractivity (Wildman–Crippen MR) is 175 cm³/mol. The van der Waals surface area contributed by atoms with E-state index in [4.69, 9.17) is 20.9 Å². The lowest BCUT2D eigenvalue weighted by Crippen LogP contribution is -2.33. The summed E-state index contributed by atoms with van der Waals surface area (Å²) in [6, 6.07) is 18.0. The molecule has 11 heteroatoms. The molecule has 1 amide bonds. The fourth-order valence-electron chi connectivity index (χ4n) is 4.27. The van der Waals surface area contributed by atoms with Crippen LogP contribution in [0.3, 0.4) is 0 Å². The van der Waals surface area contributed by atoms with Crippen LogP contribution in [-0.4, -0.2) is 61.6 Å². The number of carbonyl (C=O) groups excluding carboxylic acids is 2. The summed E-state index contributed by atoms with van der Waals surface area (Å²) in [7, 11) is 0. The average Bonchev–Trinajstić information content (AvgIpc) is 2.95. The highest BCUT2D eigenvalue weighted by Crippen LogP contribution is 2.28. The standard InChI is InChI=1S/C31H41N5O4.2ClH/c1-4-7-17-39-28-21-25(30(38)40-18-16-36(5-2)6-3)14-15-26(28)34-29(37)27(35-31(32)33)20-22-12-13-23-10-8-9-11-24(23)19-22;;/h8-15,19,21,27H,4-7,16-18,20H2,1-3H3,(H,34,37)(H4,32,33,35);2*1H/t27-;;/m1../s1. The van der Waals surface area contributed by atoms with E-state index in [2.05, 4.69) is 36.0 Å². The van der Waals surface area contributed by atoms with E-state index in [-0.39, 0.29) is 30.8 Å². The minimum Gasteiger partial charge on any atom is -0.491 e. The molecular weight excluding hydrogens is 577 g/mol. The van der Waals surface area contributed by atoms with Crippen molar-refractivity contribution in [3.8, 4) is 5.75 Å². The SMILES string of the molecule is CCCCOc1cc(C(=O)OCCN(CC)CC)ccc1NC(=O)[C@@H](Cc1ccc2ccccc2c1)N=C(N)N.Cl.Cl. The zero-order valence-electron chi connectivity index (χ0n) is 24.5. The smallest absolute Gasteiger partial charge is 0.338 e. The molecule has 3 rings (SSSR count). The fourth-order valence-corrected chi connectivity index (χ4v) is 4.27. The van der Waals surface area contributed by atoms with Gasteiger partial charge in [0, 0.05) is 13.0 Å². The van der Waals surface area contributed by atoms with E-state index < -0.39 is 17.9 Å². The number of likely N-dealkylation sites (N-methyl/N-ethyl adjacent to an activating group) is 1. The zero-order valence-corrected chi connectivity index (χ0v) is 26.1. The van der Waals surface area contributed by atoms with Crippen LogP contribution in [0, 0.1) is 0 Å². The number of hydrogen-bond acceptors (Lipinski definition) is 6. The molecule has 42 heavy (non-hydrogen) atoms. The van der Waals surface area contributed by atoms with Crippen molar-refractivity contribution < 1.29 is 19.1 Å². The van der Waals surface area contributed by atoms with E-state index in [0.717, 1.165) is 42.3 Å². The van der Waals surface area contributed by atoms with Gasteiger partial charge in [-0.25, -0.2) is 9.79 Å². The maximum Gasteiger partial charge on any atom is 0.338 e. The van der Waals surface area contributed by atoms with Gasteiger partial charge in [0.15, 0.2) is 5.96 Å². The number of nitrogens with two attached hydrogens (primary N) is 2. The maximum absolute atomic E-state index is 13.4. The first-order valence-corrected chi connectivity index (χ1v) is 13.9. The first-order chi connectivity index (χ1) is 19.3. The molecule has 0 aliphatic rings. The summed E-state index contributed by atoms with van der Waals surface area (Å²) in [5, 5.41) is 5.07. The number of fused-ring (bicyclic) bond motifs is 1. The minimum absolute atomic E-state index is 0. The molecule has 0 unspecified atom stereocenters. The van der Waals surface area contributed by atoms with E-state index in [0.29, 0.717) is 43.2 Å². The Labute approximate surface area is 260 Å². The zero-order chi connectivity index (χ0) is 28.9. The van der Waals surface area contributed by atoms with Gasteiger partial charge in [0.05, 0.1) is 17.9 Å². The number of nitrogens with zero attached hydrogens (tertiary/aromatic N) is 2. The number of guanidine groups is 1. The van der Waals surface area contributed by atoms with E-state index in [9.17, 15) is 9.59 Å². The predicted octanol–water partition coefficient (Wildman–Crippen LogP) is 5.18. The normalized spacial score (nSPS) is 11.1. The number of unbranched alkanes of at least 4 members (excludes halogenated alkanes) is 1. The molecule has 0 bridgehead atoms. The third kappa shape index (κ3) is 11.0. The number of rotatable bonds is 15. The van der Waals surface area contributed by atoms with E-state index >= 15 is 0 Å². The molecule has 3 aromatic rings. The van der Waals surface area contributed by atoms with Gasteiger partial charge in [-0.15, -0.1) is 24.8 Å². The number of ether oxygens (including phenoxy) is 2. The minimum atomic E-state index is -0.862. The van der Waals surface area contributed by atoms with Gasteiger partial charge >= 0.3 is 5.97 Å². The average molecular weight is 621 g/mol. The van der Waals surface area contributed by atoms with Crippen LogP contribution in [0.5, 0.6) is 5.75 Å². The summed E-state index contributed by atoms with van der Waals surface area (Å²) in [6.45, 7) is 9.36. The van der Waals surface area contributed by atoms with Crippen LogP contribution in [0.25, 0.3) is 10.8 Å².